The first-order chi connectivity index (χ1) is 11.3. The number of hydrogen-bond acceptors (Lipinski definition) is 4. The molecule has 0 bridgehead atoms. The number of carbonyl (C=O) groups excluding carboxylic acids is 1. The van der Waals surface area contributed by atoms with Crippen LogP contribution in [0.5, 0.6) is 0 Å². The monoisotopic (exact) mass is 318 g/mol. The van der Waals surface area contributed by atoms with Crippen molar-refractivity contribution in [2.45, 2.75) is 44.7 Å². The Labute approximate surface area is 137 Å². The van der Waals surface area contributed by atoms with Gasteiger partial charge < -0.3 is 14.5 Å². The molecule has 0 spiro atoms. The maximum Gasteiger partial charge on any atom is 0.254 e. The highest BCUT2D eigenvalue weighted by Gasteiger charge is 2.39. The molecule has 23 heavy (non-hydrogen) atoms. The molecule has 1 N–H and O–H groups in total. The Kier molecular flexibility index (Phi) is 4.40. The van der Waals surface area contributed by atoms with Gasteiger partial charge in [-0.3, -0.25) is 9.69 Å². The summed E-state index contributed by atoms with van der Waals surface area (Å²) in [7, 11) is 0. The summed E-state index contributed by atoms with van der Waals surface area (Å²) in [6.45, 7) is 4.15. The van der Waals surface area contributed by atoms with E-state index < -0.39 is 0 Å². The summed E-state index contributed by atoms with van der Waals surface area (Å²) in [6.07, 6.45) is 7.99. The van der Waals surface area contributed by atoms with Crippen molar-refractivity contribution < 1.29 is 13.9 Å². The molecule has 2 saturated carbocycles. The minimum absolute atomic E-state index is 0.0273. The summed E-state index contributed by atoms with van der Waals surface area (Å²) in [5.41, 5.74) is 0.662. The first kappa shape index (κ1) is 15.2. The Bertz CT molecular complexity index is 550. The number of fused-ring (bicyclic) bond motifs is 1. The van der Waals surface area contributed by atoms with Crippen LogP contribution in [-0.2, 0) is 11.3 Å². The van der Waals surface area contributed by atoms with Gasteiger partial charge in [-0.1, -0.05) is 12.8 Å². The molecule has 3 aliphatic rings. The molecular formula is C18H26N2O3. The van der Waals surface area contributed by atoms with E-state index >= 15 is 0 Å². The number of ether oxygens (including phenoxy) is 1. The third kappa shape index (κ3) is 3.31. The highest BCUT2D eigenvalue weighted by atomic mass is 16.5. The van der Waals surface area contributed by atoms with Crippen molar-refractivity contribution in [2.24, 2.45) is 11.8 Å². The standard InChI is InChI=1S/C18H26N2O3/c21-18(19-17-5-4-13-2-1-3-16(13)17)14-10-15(23-12-14)11-20-6-8-22-9-7-20/h10,12-13,16-17H,1-9,11H2,(H,19,21)/t13-,16-,17-/m1/s1. The van der Waals surface area contributed by atoms with Crippen LogP contribution in [0, 0.1) is 11.8 Å². The van der Waals surface area contributed by atoms with Crippen LogP contribution < -0.4 is 5.32 Å². The SMILES string of the molecule is O=C(N[C@@H]1CC[C@H]2CCC[C@H]21)c1coc(CN2CCOCC2)c1. The average molecular weight is 318 g/mol. The Hall–Kier alpha value is -1.33. The molecule has 0 aromatic carbocycles. The van der Waals surface area contributed by atoms with Crippen molar-refractivity contribution in [1.82, 2.24) is 10.2 Å². The zero-order chi connectivity index (χ0) is 15.6. The van der Waals surface area contributed by atoms with Crippen molar-refractivity contribution in [2.75, 3.05) is 26.3 Å². The molecule has 4 rings (SSSR count). The minimum Gasteiger partial charge on any atom is -0.467 e. The summed E-state index contributed by atoms with van der Waals surface area (Å²) < 4.78 is 10.9. The molecule has 126 valence electrons. The first-order valence-electron chi connectivity index (χ1n) is 8.98. The lowest BCUT2D eigenvalue weighted by atomic mass is 9.97. The quantitative estimate of drug-likeness (QED) is 0.926. The second-order valence-corrected chi connectivity index (χ2v) is 7.20. The zero-order valence-electron chi connectivity index (χ0n) is 13.6. The number of amides is 1. The van der Waals surface area contributed by atoms with Crippen molar-refractivity contribution in [3.63, 3.8) is 0 Å². The first-order valence-corrected chi connectivity index (χ1v) is 8.98. The van der Waals surface area contributed by atoms with Crippen molar-refractivity contribution >= 4 is 5.91 Å². The molecule has 5 nitrogen and oxygen atoms in total. The van der Waals surface area contributed by atoms with Gasteiger partial charge in [0.15, 0.2) is 0 Å². The van der Waals surface area contributed by atoms with E-state index in [1.165, 1.54) is 25.7 Å². The van der Waals surface area contributed by atoms with E-state index in [0.29, 0.717) is 17.5 Å². The topological polar surface area (TPSA) is 54.7 Å². The molecule has 1 aromatic heterocycles. The highest BCUT2D eigenvalue weighted by molar-refractivity contribution is 5.94. The van der Waals surface area contributed by atoms with Gasteiger partial charge in [0.05, 0.1) is 25.3 Å². The van der Waals surface area contributed by atoms with E-state index in [9.17, 15) is 4.79 Å². The van der Waals surface area contributed by atoms with Crippen LogP contribution in [0.25, 0.3) is 0 Å². The third-order valence-corrected chi connectivity index (χ3v) is 5.80. The summed E-state index contributed by atoms with van der Waals surface area (Å²) in [5, 5.41) is 3.25. The molecule has 1 saturated heterocycles. The summed E-state index contributed by atoms with van der Waals surface area (Å²) >= 11 is 0. The molecule has 2 aliphatic carbocycles. The molecule has 3 fully saturated rings. The van der Waals surface area contributed by atoms with Gasteiger partial charge >= 0.3 is 0 Å². The molecule has 2 heterocycles. The largest absolute Gasteiger partial charge is 0.467 e. The van der Waals surface area contributed by atoms with Crippen LogP contribution in [-0.4, -0.2) is 43.2 Å². The fourth-order valence-corrected chi connectivity index (χ4v) is 4.55. The maximum absolute atomic E-state index is 12.5. The molecule has 0 unspecified atom stereocenters. The van der Waals surface area contributed by atoms with Crippen molar-refractivity contribution in [1.29, 1.82) is 0 Å². The Morgan fingerprint density at radius 2 is 2.09 bits per heavy atom. The summed E-state index contributed by atoms with van der Waals surface area (Å²) in [6, 6.07) is 2.26. The van der Waals surface area contributed by atoms with Crippen LogP contribution >= 0.6 is 0 Å². The van der Waals surface area contributed by atoms with E-state index in [1.807, 2.05) is 6.07 Å². The lowest BCUT2D eigenvalue weighted by molar-refractivity contribution is 0.0313. The molecular weight excluding hydrogens is 292 g/mol. The fourth-order valence-electron chi connectivity index (χ4n) is 4.55. The summed E-state index contributed by atoms with van der Waals surface area (Å²) in [5.74, 6) is 2.45. The van der Waals surface area contributed by atoms with E-state index in [0.717, 1.165) is 50.9 Å². The van der Waals surface area contributed by atoms with Crippen LogP contribution in [0.2, 0.25) is 0 Å². The molecule has 1 aliphatic heterocycles. The van der Waals surface area contributed by atoms with Crippen LogP contribution in [0.15, 0.2) is 16.7 Å². The second-order valence-electron chi connectivity index (χ2n) is 7.20. The van der Waals surface area contributed by atoms with Gasteiger partial charge in [-0.2, -0.15) is 0 Å². The number of nitrogens with one attached hydrogen (secondary N) is 1. The molecule has 5 heteroatoms. The number of furan rings is 1. The molecule has 1 aromatic rings. The van der Waals surface area contributed by atoms with Gasteiger partial charge in [0.1, 0.15) is 12.0 Å². The number of morpholine rings is 1. The normalized spacial score (nSPS) is 31.2. The fraction of sp³-hybridized carbons (Fsp3) is 0.722. The Morgan fingerprint density at radius 3 is 2.96 bits per heavy atom. The lowest BCUT2D eigenvalue weighted by Crippen LogP contribution is -2.37. The molecule has 3 atom stereocenters. The lowest BCUT2D eigenvalue weighted by Gasteiger charge is -2.25. The van der Waals surface area contributed by atoms with E-state index in [-0.39, 0.29) is 5.91 Å². The zero-order valence-corrected chi connectivity index (χ0v) is 13.6. The smallest absolute Gasteiger partial charge is 0.254 e. The predicted molar refractivity (Wildman–Crippen MR) is 86.1 cm³/mol. The molecule has 0 radical (unpaired) electrons. The van der Waals surface area contributed by atoms with E-state index in [2.05, 4.69) is 10.2 Å². The Balaban J connectivity index is 1.33. The van der Waals surface area contributed by atoms with Gasteiger partial charge in [-0.05, 0) is 37.2 Å². The number of nitrogens with zero attached hydrogens (tertiary/aromatic N) is 1. The van der Waals surface area contributed by atoms with Gasteiger partial charge in [0.2, 0.25) is 0 Å². The Morgan fingerprint density at radius 1 is 1.22 bits per heavy atom. The predicted octanol–water partition coefficient (Wildman–Crippen LogP) is 2.42. The van der Waals surface area contributed by atoms with Crippen molar-refractivity contribution in [3.8, 4) is 0 Å². The maximum atomic E-state index is 12.5. The molecule has 1 amide bonds. The van der Waals surface area contributed by atoms with E-state index in [4.69, 9.17) is 9.15 Å². The van der Waals surface area contributed by atoms with Crippen LogP contribution in [0.3, 0.4) is 0 Å². The minimum atomic E-state index is 0.0273. The van der Waals surface area contributed by atoms with Gasteiger partial charge in [0.25, 0.3) is 5.91 Å². The summed E-state index contributed by atoms with van der Waals surface area (Å²) in [4.78, 5) is 14.8. The highest BCUT2D eigenvalue weighted by Crippen LogP contribution is 2.44. The van der Waals surface area contributed by atoms with E-state index in [1.54, 1.807) is 6.26 Å². The number of hydrogen-bond donors (Lipinski definition) is 1. The second kappa shape index (κ2) is 6.65. The van der Waals surface area contributed by atoms with Crippen LogP contribution in [0.4, 0.5) is 0 Å². The average Bonchev–Trinajstić information content (AvgIpc) is 3.27. The van der Waals surface area contributed by atoms with Gasteiger partial charge in [-0.25, -0.2) is 0 Å². The van der Waals surface area contributed by atoms with Gasteiger partial charge in [-0.15, -0.1) is 0 Å². The number of carbonyl (C=O) groups is 1. The number of rotatable bonds is 4. The van der Waals surface area contributed by atoms with Gasteiger partial charge in [0, 0.05) is 19.1 Å². The van der Waals surface area contributed by atoms with Crippen molar-refractivity contribution in [3.05, 3.63) is 23.7 Å². The van der Waals surface area contributed by atoms with Crippen LogP contribution in [0.1, 0.15) is 48.2 Å². The third-order valence-electron chi connectivity index (χ3n) is 5.80.